The van der Waals surface area contributed by atoms with Gasteiger partial charge in [0, 0.05) is 30.0 Å². The molecular formula is C14H24N2OS. The molecule has 0 aliphatic heterocycles. The van der Waals surface area contributed by atoms with E-state index in [2.05, 4.69) is 26.1 Å². The predicted octanol–water partition coefficient (Wildman–Crippen LogP) is 3.62. The first kappa shape index (κ1) is 14.0. The summed E-state index contributed by atoms with van der Waals surface area (Å²) in [5.74, 6) is 0.716. The van der Waals surface area contributed by atoms with Gasteiger partial charge < -0.3 is 10.1 Å². The van der Waals surface area contributed by atoms with Crippen molar-refractivity contribution in [3.63, 3.8) is 0 Å². The maximum Gasteiger partial charge on any atom is 0.122 e. The average Bonchev–Trinajstić information content (AvgIpc) is 3.07. The molecule has 1 aromatic heterocycles. The van der Waals surface area contributed by atoms with Crippen LogP contribution in [0, 0.1) is 0 Å². The topological polar surface area (TPSA) is 34.1 Å². The number of rotatable bonds is 7. The van der Waals surface area contributed by atoms with Crippen LogP contribution >= 0.6 is 11.3 Å². The fourth-order valence-corrected chi connectivity index (χ4v) is 3.08. The van der Waals surface area contributed by atoms with E-state index in [9.17, 15) is 0 Å². The summed E-state index contributed by atoms with van der Waals surface area (Å²) in [5.41, 5.74) is 1.33. The maximum atomic E-state index is 5.65. The molecule has 1 unspecified atom stereocenters. The zero-order valence-corrected chi connectivity index (χ0v) is 12.6. The van der Waals surface area contributed by atoms with Gasteiger partial charge in [0.25, 0.3) is 0 Å². The Balaban J connectivity index is 2.10. The van der Waals surface area contributed by atoms with Gasteiger partial charge in [-0.05, 0) is 26.7 Å². The highest BCUT2D eigenvalue weighted by molar-refractivity contribution is 7.11. The summed E-state index contributed by atoms with van der Waals surface area (Å²) in [6.07, 6.45) is 2.74. The first-order valence-electron chi connectivity index (χ1n) is 6.96. The molecule has 0 spiro atoms. The smallest absolute Gasteiger partial charge is 0.122 e. The molecule has 1 atom stereocenters. The molecular weight excluding hydrogens is 244 g/mol. The quantitative estimate of drug-likeness (QED) is 0.820. The van der Waals surface area contributed by atoms with Gasteiger partial charge in [-0.15, -0.1) is 11.3 Å². The van der Waals surface area contributed by atoms with Crippen LogP contribution in [-0.2, 0) is 11.3 Å². The second-order valence-corrected chi connectivity index (χ2v) is 6.38. The molecule has 4 heteroatoms. The molecule has 3 nitrogen and oxygen atoms in total. The Hall–Kier alpha value is -0.450. The molecule has 18 heavy (non-hydrogen) atoms. The normalized spacial score (nSPS) is 17.4. The monoisotopic (exact) mass is 268 g/mol. The first-order valence-corrected chi connectivity index (χ1v) is 7.78. The van der Waals surface area contributed by atoms with E-state index in [1.165, 1.54) is 23.4 Å². The summed E-state index contributed by atoms with van der Waals surface area (Å²) in [5, 5.41) is 4.64. The highest BCUT2D eigenvalue weighted by Gasteiger charge is 2.30. The largest absolute Gasteiger partial charge is 0.372 e. The van der Waals surface area contributed by atoms with Crippen LogP contribution in [-0.4, -0.2) is 17.6 Å². The number of hydrogen-bond acceptors (Lipinski definition) is 4. The maximum absolute atomic E-state index is 5.65. The van der Waals surface area contributed by atoms with Gasteiger partial charge in [0.1, 0.15) is 11.1 Å². The Morgan fingerprint density at radius 1 is 1.39 bits per heavy atom. The van der Waals surface area contributed by atoms with Crippen molar-refractivity contribution in [2.24, 2.45) is 0 Å². The van der Waals surface area contributed by atoms with Crippen LogP contribution < -0.4 is 5.32 Å². The average molecular weight is 268 g/mol. The molecule has 0 aromatic carbocycles. The number of hydrogen-bond donors (Lipinski definition) is 1. The predicted molar refractivity (Wildman–Crippen MR) is 76.1 cm³/mol. The molecule has 1 aliphatic carbocycles. The van der Waals surface area contributed by atoms with Crippen LogP contribution in [0.25, 0.3) is 0 Å². The van der Waals surface area contributed by atoms with E-state index in [-0.39, 0.29) is 6.10 Å². The van der Waals surface area contributed by atoms with Crippen molar-refractivity contribution in [2.45, 2.75) is 65.1 Å². The zero-order chi connectivity index (χ0) is 13.1. The molecule has 1 fully saturated rings. The van der Waals surface area contributed by atoms with Gasteiger partial charge in [0.2, 0.25) is 0 Å². The Kier molecular flexibility index (Phi) is 4.76. The first-order chi connectivity index (χ1) is 8.61. The van der Waals surface area contributed by atoms with Gasteiger partial charge in [-0.25, -0.2) is 4.98 Å². The van der Waals surface area contributed by atoms with Crippen LogP contribution in [0.4, 0.5) is 0 Å². The third-order valence-corrected chi connectivity index (χ3v) is 4.38. The summed E-state index contributed by atoms with van der Waals surface area (Å²) < 4.78 is 5.65. The standard InChI is InChI=1S/C14H24N2OS/c1-5-17-10(4)14-16-13(11-6-7-11)12(18-14)8-15-9(2)3/h9-11,15H,5-8H2,1-4H3. The van der Waals surface area contributed by atoms with Gasteiger partial charge in [-0.3, -0.25) is 0 Å². The van der Waals surface area contributed by atoms with Crippen LogP contribution in [0.1, 0.15) is 68.1 Å². The zero-order valence-electron chi connectivity index (χ0n) is 11.8. The van der Waals surface area contributed by atoms with E-state index in [1.54, 1.807) is 0 Å². The van der Waals surface area contributed by atoms with Gasteiger partial charge in [0.15, 0.2) is 0 Å². The molecule has 1 N–H and O–H groups in total. The summed E-state index contributed by atoms with van der Waals surface area (Å²) in [6.45, 7) is 10.2. The fourth-order valence-electron chi connectivity index (χ4n) is 1.98. The lowest BCUT2D eigenvalue weighted by molar-refractivity contribution is 0.0761. The number of nitrogens with zero attached hydrogens (tertiary/aromatic N) is 1. The van der Waals surface area contributed by atoms with E-state index in [1.807, 2.05) is 18.3 Å². The van der Waals surface area contributed by atoms with E-state index in [0.717, 1.165) is 18.2 Å². The number of aromatic nitrogens is 1. The Morgan fingerprint density at radius 3 is 2.67 bits per heavy atom. The van der Waals surface area contributed by atoms with Crippen molar-refractivity contribution in [1.82, 2.24) is 10.3 Å². The van der Waals surface area contributed by atoms with Gasteiger partial charge in [0.05, 0.1) is 5.69 Å². The van der Waals surface area contributed by atoms with Gasteiger partial charge >= 0.3 is 0 Å². The lowest BCUT2D eigenvalue weighted by atomic mass is 10.2. The van der Waals surface area contributed by atoms with Crippen molar-refractivity contribution in [1.29, 1.82) is 0 Å². The summed E-state index contributed by atoms with van der Waals surface area (Å²) >= 11 is 1.82. The highest BCUT2D eigenvalue weighted by atomic mass is 32.1. The highest BCUT2D eigenvalue weighted by Crippen LogP contribution is 2.43. The molecule has 0 saturated heterocycles. The molecule has 1 aliphatic rings. The SMILES string of the molecule is CCOC(C)c1nc(C2CC2)c(CNC(C)C)s1. The van der Waals surface area contributed by atoms with E-state index in [0.29, 0.717) is 12.0 Å². The molecule has 1 heterocycles. The van der Waals surface area contributed by atoms with E-state index in [4.69, 9.17) is 9.72 Å². The molecule has 1 saturated carbocycles. The van der Waals surface area contributed by atoms with Crippen molar-refractivity contribution < 1.29 is 4.74 Å². The lowest BCUT2D eigenvalue weighted by Crippen LogP contribution is -2.21. The molecule has 0 radical (unpaired) electrons. The van der Waals surface area contributed by atoms with Crippen molar-refractivity contribution >= 4 is 11.3 Å². The Morgan fingerprint density at radius 2 is 2.11 bits per heavy atom. The van der Waals surface area contributed by atoms with E-state index < -0.39 is 0 Å². The number of thiazole rings is 1. The van der Waals surface area contributed by atoms with Crippen molar-refractivity contribution in [3.8, 4) is 0 Å². The third-order valence-electron chi connectivity index (χ3n) is 3.14. The number of nitrogens with one attached hydrogen (secondary N) is 1. The summed E-state index contributed by atoms with van der Waals surface area (Å²) in [4.78, 5) is 6.23. The lowest BCUT2D eigenvalue weighted by Gasteiger charge is -2.07. The minimum Gasteiger partial charge on any atom is -0.372 e. The molecule has 2 rings (SSSR count). The summed E-state index contributed by atoms with van der Waals surface area (Å²) in [6, 6.07) is 0.520. The molecule has 1 aromatic rings. The van der Waals surface area contributed by atoms with Crippen molar-refractivity contribution in [2.75, 3.05) is 6.61 Å². The second kappa shape index (κ2) is 6.13. The Labute approximate surface area is 114 Å². The van der Waals surface area contributed by atoms with Crippen LogP contribution in [0.3, 0.4) is 0 Å². The van der Waals surface area contributed by atoms with Gasteiger partial charge in [-0.1, -0.05) is 13.8 Å². The fraction of sp³-hybridized carbons (Fsp3) is 0.786. The summed E-state index contributed by atoms with van der Waals surface area (Å²) in [7, 11) is 0. The molecule has 102 valence electrons. The van der Waals surface area contributed by atoms with Gasteiger partial charge in [-0.2, -0.15) is 0 Å². The van der Waals surface area contributed by atoms with E-state index >= 15 is 0 Å². The number of ether oxygens (including phenoxy) is 1. The molecule has 0 amide bonds. The minimum absolute atomic E-state index is 0.130. The van der Waals surface area contributed by atoms with Crippen molar-refractivity contribution in [3.05, 3.63) is 15.6 Å². The van der Waals surface area contributed by atoms with Crippen LogP contribution in [0.5, 0.6) is 0 Å². The minimum atomic E-state index is 0.130. The third kappa shape index (κ3) is 3.53. The second-order valence-electron chi connectivity index (χ2n) is 5.27. The van der Waals surface area contributed by atoms with Crippen LogP contribution in [0.15, 0.2) is 0 Å². The molecule has 0 bridgehead atoms. The van der Waals surface area contributed by atoms with Crippen LogP contribution in [0.2, 0.25) is 0 Å². The Bertz CT molecular complexity index is 385.